The number of nitrogens with zero attached hydrogens (tertiary/aromatic N) is 3. The molecule has 0 saturated carbocycles. The van der Waals surface area contributed by atoms with Crippen LogP contribution in [0.1, 0.15) is 18.1 Å². The number of hydrogen-bond acceptors (Lipinski definition) is 7. The van der Waals surface area contributed by atoms with Gasteiger partial charge in [0, 0.05) is 12.1 Å². The monoisotopic (exact) mass is 689 g/mol. The average molecular weight is 689 g/mol. The number of rotatable bonds is 9. The molecular weight excluding hydrogens is 665 g/mol. The first kappa shape index (κ1) is 29.5. The van der Waals surface area contributed by atoms with Crippen molar-refractivity contribution < 1.29 is 28.8 Å². The Hall–Kier alpha value is -5.04. The Morgan fingerprint density at radius 3 is 1.98 bits per heavy atom. The van der Waals surface area contributed by atoms with Crippen LogP contribution in [0.5, 0.6) is 11.5 Å². The number of nitro groups is 1. The summed E-state index contributed by atoms with van der Waals surface area (Å²) in [5, 5.41) is 11.2. The minimum absolute atomic E-state index is 0.0443. The summed E-state index contributed by atoms with van der Waals surface area (Å²) in [6.45, 7) is 2.16. The number of amides is 4. The molecule has 4 aromatic rings. The number of ether oxygens (including phenoxy) is 2. The number of nitro benzene ring substituents is 1. The minimum Gasteiger partial charge on any atom is -0.490 e. The van der Waals surface area contributed by atoms with E-state index in [0.29, 0.717) is 44.2 Å². The highest BCUT2D eigenvalue weighted by molar-refractivity contribution is 14.1. The molecule has 4 aromatic carbocycles. The third-order valence-corrected chi connectivity index (χ3v) is 7.23. The molecule has 1 fully saturated rings. The number of hydrogen-bond donors (Lipinski definition) is 0. The Labute approximate surface area is 260 Å². The summed E-state index contributed by atoms with van der Waals surface area (Å²) in [4.78, 5) is 53.6. The number of urea groups is 1. The van der Waals surface area contributed by atoms with Gasteiger partial charge in [-0.1, -0.05) is 48.5 Å². The summed E-state index contributed by atoms with van der Waals surface area (Å²) >= 11 is 2.06. The van der Waals surface area contributed by atoms with Gasteiger partial charge in [-0.2, -0.15) is 0 Å². The van der Waals surface area contributed by atoms with Crippen molar-refractivity contribution in [2.45, 2.75) is 13.5 Å². The van der Waals surface area contributed by atoms with Gasteiger partial charge in [0.2, 0.25) is 0 Å². The van der Waals surface area contributed by atoms with Crippen LogP contribution in [0.3, 0.4) is 0 Å². The van der Waals surface area contributed by atoms with Crippen molar-refractivity contribution in [2.24, 2.45) is 0 Å². The zero-order chi connectivity index (χ0) is 30.5. The molecule has 1 saturated heterocycles. The Kier molecular flexibility index (Phi) is 8.81. The molecule has 0 aliphatic carbocycles. The van der Waals surface area contributed by atoms with Crippen LogP contribution >= 0.6 is 22.6 Å². The van der Waals surface area contributed by atoms with E-state index in [4.69, 9.17) is 9.47 Å². The fourth-order valence-electron chi connectivity index (χ4n) is 4.50. The number of imide groups is 2. The van der Waals surface area contributed by atoms with Gasteiger partial charge in [0.25, 0.3) is 17.5 Å². The van der Waals surface area contributed by atoms with Gasteiger partial charge in [0.1, 0.15) is 12.2 Å². The number of non-ortho nitro benzene ring substituents is 1. The van der Waals surface area contributed by atoms with Gasteiger partial charge in [-0.05, 0) is 83.1 Å². The van der Waals surface area contributed by atoms with Gasteiger partial charge in [-0.25, -0.2) is 14.6 Å². The van der Waals surface area contributed by atoms with Gasteiger partial charge in [-0.3, -0.25) is 19.7 Å². The first-order valence-electron chi connectivity index (χ1n) is 13.2. The van der Waals surface area contributed by atoms with Crippen LogP contribution in [-0.2, 0) is 16.2 Å². The number of carbonyl (C=O) groups is 3. The van der Waals surface area contributed by atoms with Crippen molar-refractivity contribution >= 4 is 63.6 Å². The Morgan fingerprint density at radius 1 is 0.814 bits per heavy atom. The van der Waals surface area contributed by atoms with Crippen LogP contribution in [0.25, 0.3) is 6.08 Å². The Balaban J connectivity index is 1.53. The molecule has 11 heteroatoms. The molecule has 43 heavy (non-hydrogen) atoms. The van der Waals surface area contributed by atoms with E-state index in [1.165, 1.54) is 18.2 Å². The number of benzene rings is 4. The lowest BCUT2D eigenvalue weighted by Crippen LogP contribution is -2.57. The van der Waals surface area contributed by atoms with Gasteiger partial charge in [0.15, 0.2) is 11.5 Å². The predicted molar refractivity (Wildman–Crippen MR) is 169 cm³/mol. The van der Waals surface area contributed by atoms with Crippen LogP contribution < -0.4 is 19.3 Å². The van der Waals surface area contributed by atoms with E-state index in [0.717, 1.165) is 9.80 Å². The highest BCUT2D eigenvalue weighted by Crippen LogP contribution is 2.37. The summed E-state index contributed by atoms with van der Waals surface area (Å²) in [6, 6.07) is 25.5. The van der Waals surface area contributed by atoms with Crippen molar-refractivity contribution in [3.8, 4) is 11.5 Å². The van der Waals surface area contributed by atoms with Crippen LogP contribution in [0.15, 0.2) is 103 Å². The van der Waals surface area contributed by atoms with Gasteiger partial charge in [-0.15, -0.1) is 0 Å². The maximum atomic E-state index is 13.7. The molecule has 0 aromatic heterocycles. The normalized spacial score (nSPS) is 13.3. The molecular formula is C32H24IN3O7. The Morgan fingerprint density at radius 2 is 1.42 bits per heavy atom. The molecule has 4 amide bonds. The van der Waals surface area contributed by atoms with Gasteiger partial charge in [0.05, 0.1) is 26.5 Å². The van der Waals surface area contributed by atoms with Crippen molar-refractivity contribution in [3.05, 3.63) is 127 Å². The third kappa shape index (κ3) is 6.26. The summed E-state index contributed by atoms with van der Waals surface area (Å²) in [5.74, 6) is -0.748. The molecule has 0 spiro atoms. The zero-order valence-electron chi connectivity index (χ0n) is 22.8. The first-order chi connectivity index (χ1) is 20.8. The maximum absolute atomic E-state index is 13.7. The van der Waals surface area contributed by atoms with E-state index in [1.807, 2.05) is 0 Å². The molecule has 1 heterocycles. The standard InChI is InChI=1S/C32H24IN3O7/c1-2-42-28-19-22(18-27(33)29(28)43-20-21-10-9-15-25(16-21)36(40)41)17-26-30(37)34(23-11-5-3-6-12-23)32(39)35(31(26)38)24-13-7-4-8-14-24/h3-19H,2,20H2,1H3. The smallest absolute Gasteiger partial charge is 0.343 e. The zero-order valence-corrected chi connectivity index (χ0v) is 25.0. The van der Waals surface area contributed by atoms with E-state index in [2.05, 4.69) is 22.6 Å². The van der Waals surface area contributed by atoms with E-state index in [9.17, 15) is 24.5 Å². The topological polar surface area (TPSA) is 119 Å². The van der Waals surface area contributed by atoms with E-state index in [-0.39, 0.29) is 17.9 Å². The average Bonchev–Trinajstić information content (AvgIpc) is 3.00. The molecule has 0 atom stereocenters. The number of para-hydroxylation sites is 2. The largest absolute Gasteiger partial charge is 0.490 e. The van der Waals surface area contributed by atoms with Crippen LogP contribution in [-0.4, -0.2) is 29.4 Å². The predicted octanol–water partition coefficient (Wildman–Crippen LogP) is 6.76. The van der Waals surface area contributed by atoms with Crippen LogP contribution in [0, 0.1) is 13.7 Å². The molecule has 10 nitrogen and oxygen atoms in total. The first-order valence-corrected chi connectivity index (χ1v) is 14.2. The minimum atomic E-state index is -0.779. The van der Waals surface area contributed by atoms with Crippen molar-refractivity contribution in [1.82, 2.24) is 0 Å². The fourth-order valence-corrected chi connectivity index (χ4v) is 5.28. The number of carbonyl (C=O) groups excluding carboxylic acids is 3. The highest BCUT2D eigenvalue weighted by Gasteiger charge is 2.43. The number of halogens is 1. The van der Waals surface area contributed by atoms with E-state index >= 15 is 0 Å². The molecule has 1 aliphatic heterocycles. The van der Waals surface area contributed by atoms with E-state index < -0.39 is 22.8 Å². The lowest BCUT2D eigenvalue weighted by Gasteiger charge is -2.34. The second-order valence-electron chi connectivity index (χ2n) is 9.27. The fraction of sp³-hybridized carbons (Fsp3) is 0.0938. The lowest BCUT2D eigenvalue weighted by molar-refractivity contribution is -0.384. The molecule has 0 bridgehead atoms. The van der Waals surface area contributed by atoms with E-state index in [1.54, 1.807) is 91.9 Å². The van der Waals surface area contributed by atoms with Crippen molar-refractivity contribution in [3.63, 3.8) is 0 Å². The SMILES string of the molecule is CCOc1cc(C=C2C(=O)N(c3ccccc3)C(=O)N(c3ccccc3)C2=O)cc(I)c1OCc1cccc([N+](=O)[O-])c1. The second-order valence-corrected chi connectivity index (χ2v) is 10.4. The van der Waals surface area contributed by atoms with Crippen LogP contribution in [0.2, 0.25) is 0 Å². The van der Waals surface area contributed by atoms with Crippen molar-refractivity contribution in [1.29, 1.82) is 0 Å². The lowest BCUT2D eigenvalue weighted by atomic mass is 10.0. The summed E-state index contributed by atoms with van der Waals surface area (Å²) in [7, 11) is 0. The molecule has 0 unspecified atom stereocenters. The summed E-state index contributed by atoms with van der Waals surface area (Å²) in [6.07, 6.45) is 1.43. The maximum Gasteiger partial charge on any atom is 0.343 e. The van der Waals surface area contributed by atoms with Crippen LogP contribution in [0.4, 0.5) is 21.9 Å². The molecule has 0 radical (unpaired) electrons. The molecule has 0 N–H and O–H groups in total. The van der Waals surface area contributed by atoms with Crippen molar-refractivity contribution in [2.75, 3.05) is 16.4 Å². The molecule has 5 rings (SSSR count). The molecule has 1 aliphatic rings. The number of anilines is 2. The summed E-state index contributed by atoms with van der Waals surface area (Å²) in [5.41, 5.74) is 1.47. The highest BCUT2D eigenvalue weighted by atomic mass is 127. The quantitative estimate of drug-likeness (QED) is 0.0627. The molecule has 216 valence electrons. The van der Waals surface area contributed by atoms with Gasteiger partial charge < -0.3 is 9.47 Å². The van der Waals surface area contributed by atoms with Gasteiger partial charge >= 0.3 is 6.03 Å². The summed E-state index contributed by atoms with van der Waals surface area (Å²) < 4.78 is 12.5. The Bertz CT molecular complexity index is 1680. The third-order valence-electron chi connectivity index (χ3n) is 6.43. The number of barbiturate groups is 1. The second kappa shape index (κ2) is 12.9.